The van der Waals surface area contributed by atoms with E-state index in [-0.39, 0.29) is 11.8 Å². The van der Waals surface area contributed by atoms with Gasteiger partial charge in [-0.1, -0.05) is 46.3 Å². The van der Waals surface area contributed by atoms with E-state index in [1.165, 1.54) is 0 Å². The van der Waals surface area contributed by atoms with Crippen molar-refractivity contribution in [2.45, 2.75) is 25.3 Å². The Labute approximate surface area is 117 Å². The molecule has 0 bridgehead atoms. The van der Waals surface area contributed by atoms with Crippen LogP contribution in [-0.4, -0.2) is 25.5 Å². The molecule has 18 heavy (non-hydrogen) atoms. The maximum Gasteiger partial charge on any atom is 0.212 e. The number of hydrogen-bond donors (Lipinski definition) is 1. The van der Waals surface area contributed by atoms with Crippen LogP contribution in [0, 0.1) is 5.92 Å². The quantitative estimate of drug-likeness (QED) is 0.779. The van der Waals surface area contributed by atoms with Crippen molar-refractivity contribution in [1.29, 1.82) is 0 Å². The van der Waals surface area contributed by atoms with Crippen molar-refractivity contribution in [3.8, 4) is 0 Å². The van der Waals surface area contributed by atoms with Gasteiger partial charge in [-0.15, -0.1) is 0 Å². The summed E-state index contributed by atoms with van der Waals surface area (Å²) >= 11 is 3.38. The Morgan fingerprint density at radius 3 is 2.50 bits per heavy atom. The first-order chi connectivity index (χ1) is 8.59. The highest BCUT2D eigenvalue weighted by Crippen LogP contribution is 2.30. The van der Waals surface area contributed by atoms with Crippen LogP contribution in [0.4, 0.5) is 0 Å². The van der Waals surface area contributed by atoms with Crippen molar-refractivity contribution in [3.63, 3.8) is 0 Å². The topological polar surface area (TPSA) is 46.2 Å². The standard InChI is InChI=1S/C13H18BrNO2S/c14-9-13(8-11-4-2-1-3-5-11)15-18(16,17)10-12-6-7-12/h1-5,12-13,15H,6-10H2. The molecule has 0 radical (unpaired) electrons. The number of rotatable bonds is 7. The molecule has 0 amide bonds. The van der Waals surface area contributed by atoms with Gasteiger partial charge >= 0.3 is 0 Å². The van der Waals surface area contributed by atoms with Crippen LogP contribution in [0.2, 0.25) is 0 Å². The molecule has 1 aliphatic rings. The van der Waals surface area contributed by atoms with Crippen LogP contribution in [0.3, 0.4) is 0 Å². The van der Waals surface area contributed by atoms with Gasteiger partial charge in [-0.05, 0) is 30.7 Å². The number of alkyl halides is 1. The monoisotopic (exact) mass is 331 g/mol. The Kier molecular flexibility index (Phi) is 4.81. The summed E-state index contributed by atoms with van der Waals surface area (Å²) in [6, 6.07) is 9.87. The molecule has 5 heteroatoms. The maximum absolute atomic E-state index is 11.9. The third kappa shape index (κ3) is 4.71. The molecule has 1 N–H and O–H groups in total. The van der Waals surface area contributed by atoms with E-state index in [9.17, 15) is 8.42 Å². The van der Waals surface area contributed by atoms with Gasteiger partial charge in [0.1, 0.15) is 0 Å². The van der Waals surface area contributed by atoms with Crippen molar-refractivity contribution in [1.82, 2.24) is 4.72 Å². The molecule has 1 atom stereocenters. The van der Waals surface area contributed by atoms with Crippen LogP contribution >= 0.6 is 15.9 Å². The smallest absolute Gasteiger partial charge is 0.212 e. The van der Waals surface area contributed by atoms with E-state index in [0.717, 1.165) is 24.8 Å². The number of hydrogen-bond acceptors (Lipinski definition) is 2. The molecular weight excluding hydrogens is 314 g/mol. The summed E-state index contributed by atoms with van der Waals surface area (Å²) in [5, 5.41) is 0.631. The Bertz CT molecular complexity index is 471. The van der Waals surface area contributed by atoms with Gasteiger partial charge in [-0.25, -0.2) is 13.1 Å². The second-order valence-electron chi connectivity index (χ2n) is 4.88. The molecule has 3 nitrogen and oxygen atoms in total. The lowest BCUT2D eigenvalue weighted by Crippen LogP contribution is -2.39. The summed E-state index contributed by atoms with van der Waals surface area (Å²) in [5.41, 5.74) is 1.15. The van der Waals surface area contributed by atoms with E-state index in [4.69, 9.17) is 0 Å². The van der Waals surface area contributed by atoms with Crippen LogP contribution in [0.15, 0.2) is 30.3 Å². The van der Waals surface area contributed by atoms with Gasteiger partial charge in [0.15, 0.2) is 0 Å². The van der Waals surface area contributed by atoms with Crippen LogP contribution in [0.1, 0.15) is 18.4 Å². The molecule has 0 saturated heterocycles. The van der Waals surface area contributed by atoms with Crippen molar-refractivity contribution in [3.05, 3.63) is 35.9 Å². The molecule has 100 valence electrons. The lowest BCUT2D eigenvalue weighted by atomic mass is 10.1. The average molecular weight is 332 g/mol. The lowest BCUT2D eigenvalue weighted by Gasteiger charge is -2.16. The zero-order valence-electron chi connectivity index (χ0n) is 10.2. The van der Waals surface area contributed by atoms with Crippen LogP contribution in [-0.2, 0) is 16.4 Å². The van der Waals surface area contributed by atoms with Gasteiger partial charge in [0.2, 0.25) is 10.0 Å². The van der Waals surface area contributed by atoms with Crippen LogP contribution in [0.25, 0.3) is 0 Å². The van der Waals surface area contributed by atoms with E-state index in [1.54, 1.807) is 0 Å². The van der Waals surface area contributed by atoms with Gasteiger partial charge in [-0.2, -0.15) is 0 Å². The minimum Gasteiger partial charge on any atom is -0.212 e. The summed E-state index contributed by atoms with van der Waals surface area (Å²) in [6.45, 7) is 0. The lowest BCUT2D eigenvalue weighted by molar-refractivity contribution is 0.559. The molecule has 0 aromatic heterocycles. The molecular formula is C13H18BrNO2S. The number of sulfonamides is 1. The minimum atomic E-state index is -3.13. The third-order valence-corrected chi connectivity index (χ3v) is 5.39. The van der Waals surface area contributed by atoms with E-state index in [0.29, 0.717) is 11.2 Å². The molecule has 1 aromatic carbocycles. The Morgan fingerprint density at radius 1 is 1.28 bits per heavy atom. The van der Waals surface area contributed by atoms with Crippen molar-refractivity contribution in [2.24, 2.45) is 5.92 Å². The molecule has 1 aliphatic carbocycles. The number of nitrogens with one attached hydrogen (secondary N) is 1. The highest BCUT2D eigenvalue weighted by atomic mass is 79.9. The van der Waals surface area contributed by atoms with E-state index in [1.807, 2.05) is 30.3 Å². The summed E-state index contributed by atoms with van der Waals surface area (Å²) < 4.78 is 26.6. The zero-order valence-corrected chi connectivity index (χ0v) is 12.6. The average Bonchev–Trinajstić information content (AvgIpc) is 3.12. The van der Waals surface area contributed by atoms with Crippen LogP contribution in [0.5, 0.6) is 0 Å². The van der Waals surface area contributed by atoms with Gasteiger partial charge in [-0.3, -0.25) is 0 Å². The van der Waals surface area contributed by atoms with Crippen molar-refractivity contribution < 1.29 is 8.42 Å². The fourth-order valence-corrected chi connectivity index (χ4v) is 4.25. The Balaban J connectivity index is 1.92. The molecule has 1 aromatic rings. The Morgan fingerprint density at radius 2 is 1.94 bits per heavy atom. The number of halogens is 1. The first-order valence-electron chi connectivity index (χ1n) is 6.19. The second-order valence-corrected chi connectivity index (χ2v) is 7.33. The normalized spacial score (nSPS) is 17.6. The molecule has 0 spiro atoms. The molecule has 0 aliphatic heterocycles. The zero-order chi connectivity index (χ0) is 13.0. The van der Waals surface area contributed by atoms with Gasteiger partial charge in [0, 0.05) is 11.4 Å². The van der Waals surface area contributed by atoms with Gasteiger partial charge < -0.3 is 0 Å². The largest absolute Gasteiger partial charge is 0.212 e. The highest BCUT2D eigenvalue weighted by molar-refractivity contribution is 9.09. The fourth-order valence-electron chi connectivity index (χ4n) is 1.92. The summed E-state index contributed by atoms with van der Waals surface area (Å²) in [5.74, 6) is 0.667. The maximum atomic E-state index is 11.9. The number of benzene rings is 1. The predicted octanol–water partition coefficient (Wildman–Crippen LogP) is 2.32. The molecule has 2 rings (SSSR count). The van der Waals surface area contributed by atoms with Gasteiger partial charge in [0.25, 0.3) is 0 Å². The van der Waals surface area contributed by atoms with E-state index >= 15 is 0 Å². The van der Waals surface area contributed by atoms with E-state index in [2.05, 4.69) is 20.7 Å². The minimum absolute atomic E-state index is 0.0730. The van der Waals surface area contributed by atoms with Gasteiger partial charge in [0.05, 0.1) is 5.75 Å². The predicted molar refractivity (Wildman–Crippen MR) is 77.4 cm³/mol. The summed E-state index contributed by atoms with van der Waals surface area (Å²) in [4.78, 5) is 0. The molecule has 1 unspecified atom stereocenters. The summed E-state index contributed by atoms with van der Waals surface area (Å²) in [6.07, 6.45) is 2.83. The second kappa shape index (κ2) is 6.17. The summed E-state index contributed by atoms with van der Waals surface area (Å²) in [7, 11) is -3.13. The highest BCUT2D eigenvalue weighted by Gasteiger charge is 2.29. The van der Waals surface area contributed by atoms with Crippen molar-refractivity contribution in [2.75, 3.05) is 11.1 Å². The SMILES string of the molecule is O=S(=O)(CC1CC1)NC(CBr)Cc1ccccc1. The van der Waals surface area contributed by atoms with Crippen LogP contribution < -0.4 is 4.72 Å². The molecule has 1 fully saturated rings. The van der Waals surface area contributed by atoms with E-state index < -0.39 is 10.0 Å². The fraction of sp³-hybridized carbons (Fsp3) is 0.538. The third-order valence-electron chi connectivity index (χ3n) is 3.01. The first-order valence-corrected chi connectivity index (χ1v) is 8.96. The molecule has 1 saturated carbocycles. The first kappa shape index (κ1) is 14.0. The molecule has 0 heterocycles. The van der Waals surface area contributed by atoms with Crippen molar-refractivity contribution >= 4 is 26.0 Å². The Hall–Kier alpha value is -0.390.